The summed E-state index contributed by atoms with van der Waals surface area (Å²) in [5, 5.41) is 7.50. The number of aryl methyl sites for hydroxylation is 2. The summed E-state index contributed by atoms with van der Waals surface area (Å²) in [5.41, 5.74) is 4.63. The highest BCUT2D eigenvalue weighted by molar-refractivity contribution is 6.02. The number of halogens is 1. The van der Waals surface area contributed by atoms with Crippen molar-refractivity contribution in [3.63, 3.8) is 0 Å². The Kier molecular flexibility index (Phi) is 6.07. The maximum atomic E-state index is 13.0. The van der Waals surface area contributed by atoms with E-state index in [1.54, 1.807) is 12.1 Å². The third-order valence-electron chi connectivity index (χ3n) is 5.28. The van der Waals surface area contributed by atoms with Crippen LogP contribution in [0.5, 0.6) is 5.75 Å². The summed E-state index contributed by atoms with van der Waals surface area (Å²) in [4.78, 5) is 12.7. The molecule has 0 aliphatic heterocycles. The number of rotatable bonds is 7. The highest BCUT2D eigenvalue weighted by Gasteiger charge is 2.18. The topological polar surface area (TPSA) is 69.3 Å². The number of carbonyl (C=O) groups is 1. The average Bonchev–Trinajstić information content (AvgIpc) is 3.35. The van der Waals surface area contributed by atoms with E-state index in [1.165, 1.54) is 35.4 Å². The molecule has 2 heterocycles. The highest BCUT2D eigenvalue weighted by atomic mass is 19.1. The number of hydrogen-bond donors (Lipinski definition) is 1. The number of furan rings is 1. The number of carbonyl (C=O) groups excluding carboxylic acids is 1. The first-order chi connectivity index (χ1) is 15.4. The quantitative estimate of drug-likeness (QED) is 0.423. The van der Waals surface area contributed by atoms with Crippen LogP contribution in [-0.2, 0) is 13.2 Å². The molecule has 0 aliphatic carbocycles. The Balaban J connectivity index is 1.42. The lowest BCUT2D eigenvalue weighted by atomic mass is 10.1. The first kappa shape index (κ1) is 21.4. The van der Waals surface area contributed by atoms with E-state index in [2.05, 4.69) is 29.5 Å². The van der Waals surface area contributed by atoms with Crippen molar-refractivity contribution < 1.29 is 18.3 Å². The van der Waals surface area contributed by atoms with Crippen LogP contribution < -0.4 is 10.1 Å². The predicted octanol–water partition coefficient (Wildman–Crippen LogP) is 5.42. The van der Waals surface area contributed by atoms with Crippen molar-refractivity contribution in [3.05, 3.63) is 101 Å². The van der Waals surface area contributed by atoms with Gasteiger partial charge in [0, 0.05) is 0 Å². The fourth-order valence-electron chi connectivity index (χ4n) is 3.42. The molecule has 0 atom stereocenters. The molecule has 0 spiro atoms. The molecule has 6 nitrogen and oxygen atoms in total. The molecule has 32 heavy (non-hydrogen) atoms. The lowest BCUT2D eigenvalue weighted by Crippen LogP contribution is -2.12. The molecule has 0 radical (unpaired) electrons. The monoisotopic (exact) mass is 433 g/mol. The van der Waals surface area contributed by atoms with Gasteiger partial charge in [-0.05, 0) is 68.3 Å². The lowest BCUT2D eigenvalue weighted by molar-refractivity contribution is 0.0992. The third kappa shape index (κ3) is 4.72. The van der Waals surface area contributed by atoms with Gasteiger partial charge in [0.1, 0.15) is 23.9 Å². The third-order valence-corrected chi connectivity index (χ3v) is 5.28. The van der Waals surface area contributed by atoms with Gasteiger partial charge in [0.05, 0.1) is 23.6 Å². The summed E-state index contributed by atoms with van der Waals surface area (Å²) >= 11 is 0. The van der Waals surface area contributed by atoms with Gasteiger partial charge in [-0.25, -0.2) is 4.39 Å². The van der Waals surface area contributed by atoms with Crippen molar-refractivity contribution >= 4 is 11.6 Å². The van der Waals surface area contributed by atoms with E-state index in [0.717, 1.165) is 11.4 Å². The normalized spacial score (nSPS) is 10.9. The number of anilines is 1. The van der Waals surface area contributed by atoms with E-state index < -0.39 is 0 Å². The van der Waals surface area contributed by atoms with E-state index in [0.29, 0.717) is 23.7 Å². The van der Waals surface area contributed by atoms with Gasteiger partial charge in [-0.15, -0.1) is 0 Å². The molecule has 164 valence electrons. The molecule has 0 fully saturated rings. The van der Waals surface area contributed by atoms with Crippen molar-refractivity contribution in [3.8, 4) is 5.75 Å². The SMILES string of the molecule is Cc1ccccc1Cn1nc(C)c(NC(=O)c2ccc(COc3ccc(F)cc3)o2)c1C. The summed E-state index contributed by atoms with van der Waals surface area (Å²) in [6.45, 7) is 6.61. The van der Waals surface area contributed by atoms with Crippen molar-refractivity contribution in [2.24, 2.45) is 0 Å². The fourth-order valence-corrected chi connectivity index (χ4v) is 3.42. The fraction of sp³-hybridized carbons (Fsp3) is 0.200. The number of aromatic nitrogens is 2. The van der Waals surface area contributed by atoms with E-state index in [-0.39, 0.29) is 24.1 Å². The molecule has 1 N–H and O–H groups in total. The number of nitrogens with one attached hydrogen (secondary N) is 1. The minimum Gasteiger partial charge on any atom is -0.486 e. The number of amides is 1. The van der Waals surface area contributed by atoms with Gasteiger partial charge in [0.25, 0.3) is 5.91 Å². The van der Waals surface area contributed by atoms with E-state index in [4.69, 9.17) is 9.15 Å². The van der Waals surface area contributed by atoms with Crippen LogP contribution in [0.4, 0.5) is 10.1 Å². The Bertz CT molecular complexity index is 1240. The average molecular weight is 433 g/mol. The molecule has 0 saturated carbocycles. The van der Waals surface area contributed by atoms with Crippen LogP contribution in [0, 0.1) is 26.6 Å². The molecule has 0 bridgehead atoms. The van der Waals surface area contributed by atoms with Crippen LogP contribution >= 0.6 is 0 Å². The van der Waals surface area contributed by atoms with Crippen molar-refractivity contribution in [1.82, 2.24) is 9.78 Å². The first-order valence-electron chi connectivity index (χ1n) is 10.3. The molecule has 4 rings (SSSR count). The van der Waals surface area contributed by atoms with Crippen molar-refractivity contribution in [2.45, 2.75) is 33.9 Å². The van der Waals surface area contributed by atoms with E-state index in [9.17, 15) is 9.18 Å². The number of benzene rings is 2. The minimum absolute atomic E-state index is 0.130. The molecule has 4 aromatic rings. The number of ether oxygens (including phenoxy) is 1. The van der Waals surface area contributed by atoms with Crippen LogP contribution in [0.25, 0.3) is 0 Å². The summed E-state index contributed by atoms with van der Waals surface area (Å²) in [7, 11) is 0. The minimum atomic E-state index is -0.361. The van der Waals surface area contributed by atoms with Gasteiger partial charge < -0.3 is 14.5 Å². The smallest absolute Gasteiger partial charge is 0.291 e. The Morgan fingerprint density at radius 2 is 1.81 bits per heavy atom. The molecule has 2 aromatic heterocycles. The van der Waals surface area contributed by atoms with Crippen molar-refractivity contribution in [1.29, 1.82) is 0 Å². The lowest BCUT2D eigenvalue weighted by Gasteiger charge is -2.08. The summed E-state index contributed by atoms with van der Waals surface area (Å²) in [5.74, 6) is 0.485. The van der Waals surface area contributed by atoms with Crippen LogP contribution in [0.15, 0.2) is 65.1 Å². The summed E-state index contributed by atoms with van der Waals surface area (Å²) in [6, 6.07) is 17.1. The van der Waals surface area contributed by atoms with Gasteiger partial charge in [-0.3, -0.25) is 9.48 Å². The van der Waals surface area contributed by atoms with Gasteiger partial charge >= 0.3 is 0 Å². The van der Waals surface area contributed by atoms with Gasteiger partial charge in [0.15, 0.2) is 5.76 Å². The Morgan fingerprint density at radius 1 is 1.06 bits per heavy atom. The molecule has 2 aromatic carbocycles. The Morgan fingerprint density at radius 3 is 2.56 bits per heavy atom. The predicted molar refractivity (Wildman–Crippen MR) is 119 cm³/mol. The summed E-state index contributed by atoms with van der Waals surface area (Å²) in [6.07, 6.45) is 0. The second-order valence-corrected chi connectivity index (χ2v) is 7.59. The first-order valence-corrected chi connectivity index (χ1v) is 10.3. The molecule has 7 heteroatoms. The zero-order chi connectivity index (χ0) is 22.7. The molecular weight excluding hydrogens is 409 g/mol. The molecule has 0 saturated heterocycles. The molecule has 0 aliphatic rings. The van der Waals surface area contributed by atoms with E-state index in [1.807, 2.05) is 30.7 Å². The second-order valence-electron chi connectivity index (χ2n) is 7.59. The Labute approximate surface area is 185 Å². The second kappa shape index (κ2) is 9.09. The maximum absolute atomic E-state index is 13.0. The number of nitrogens with zero attached hydrogens (tertiary/aromatic N) is 2. The van der Waals surface area contributed by atoms with Crippen LogP contribution in [0.1, 0.15) is 38.8 Å². The van der Waals surface area contributed by atoms with Gasteiger partial charge in [-0.1, -0.05) is 24.3 Å². The van der Waals surface area contributed by atoms with Crippen molar-refractivity contribution in [2.75, 3.05) is 5.32 Å². The summed E-state index contributed by atoms with van der Waals surface area (Å²) < 4.78 is 26.1. The highest BCUT2D eigenvalue weighted by Crippen LogP contribution is 2.23. The standard InChI is InChI=1S/C25H24FN3O3/c1-16-6-4-5-7-19(16)14-29-18(3)24(17(2)28-29)27-25(30)23-13-12-22(32-23)15-31-21-10-8-20(26)9-11-21/h4-13H,14-15H2,1-3H3,(H,27,30). The molecule has 1 amide bonds. The number of hydrogen-bond acceptors (Lipinski definition) is 4. The van der Waals surface area contributed by atoms with Crippen LogP contribution in [0.3, 0.4) is 0 Å². The Hall–Kier alpha value is -3.87. The van der Waals surface area contributed by atoms with E-state index >= 15 is 0 Å². The largest absolute Gasteiger partial charge is 0.486 e. The molecular formula is C25H24FN3O3. The zero-order valence-corrected chi connectivity index (χ0v) is 18.2. The van der Waals surface area contributed by atoms with Gasteiger partial charge in [0.2, 0.25) is 0 Å². The van der Waals surface area contributed by atoms with Crippen LogP contribution in [-0.4, -0.2) is 15.7 Å². The van der Waals surface area contributed by atoms with Gasteiger partial charge in [-0.2, -0.15) is 5.10 Å². The zero-order valence-electron chi connectivity index (χ0n) is 18.2. The molecule has 0 unspecified atom stereocenters. The van der Waals surface area contributed by atoms with Crippen LogP contribution in [0.2, 0.25) is 0 Å². The maximum Gasteiger partial charge on any atom is 0.291 e.